The van der Waals surface area contributed by atoms with Crippen molar-refractivity contribution in [3.05, 3.63) is 93.8 Å². The predicted molar refractivity (Wildman–Crippen MR) is 244 cm³/mol. The Morgan fingerprint density at radius 3 is 2.06 bits per heavy atom. The van der Waals surface area contributed by atoms with Crippen molar-refractivity contribution in [1.82, 2.24) is 24.8 Å². The second kappa shape index (κ2) is 18.5. The molecular formula is C50H64F3N7O5. The van der Waals surface area contributed by atoms with E-state index in [1.54, 1.807) is 25.2 Å². The Morgan fingerprint density at radius 2 is 1.49 bits per heavy atom. The summed E-state index contributed by atoms with van der Waals surface area (Å²) in [6, 6.07) is 17.1. The molecule has 0 bridgehead atoms. The summed E-state index contributed by atoms with van der Waals surface area (Å²) in [5.74, 6) is 1.70. The van der Waals surface area contributed by atoms with Crippen molar-refractivity contribution in [2.24, 2.45) is 5.92 Å². The van der Waals surface area contributed by atoms with Gasteiger partial charge < -0.3 is 33.6 Å². The lowest BCUT2D eigenvalue weighted by Gasteiger charge is -2.36. The third kappa shape index (κ3) is 10.1. The normalized spacial score (nSPS) is 20.6. The molecule has 3 atom stereocenters. The molecule has 0 N–H and O–H groups in total. The highest BCUT2D eigenvalue weighted by atomic mass is 19.4. The van der Waals surface area contributed by atoms with Crippen LogP contribution in [0.2, 0.25) is 0 Å². The number of nitrogens with zero attached hydrogens (tertiary/aromatic N) is 7. The van der Waals surface area contributed by atoms with E-state index in [1.807, 2.05) is 88.2 Å². The molecule has 12 nitrogen and oxygen atoms in total. The van der Waals surface area contributed by atoms with Crippen LogP contribution < -0.4 is 24.0 Å². The molecule has 5 heterocycles. The molecule has 2 aromatic heterocycles. The smallest absolute Gasteiger partial charge is 0.418 e. The third-order valence-corrected chi connectivity index (χ3v) is 13.9. The Bertz CT molecular complexity index is 2260. The molecule has 4 aliphatic rings. The molecule has 0 unspecified atom stereocenters. The number of carbonyl (C=O) groups excluding carboxylic acids is 1. The standard InChI is InChI=1S/C50H64F3N7O5/c1-32-25-40-41(54-46(64-31-49-20-9-22-60(49)23-10-21-49)56-45(40)57(6)36-19-24-58(30-36)47(61)65-48(3,4)5)27-39(32)44-43(50(51,52)53)33(2)26-42(55-44)59(28-34-11-15-37(62-7)16-12-34)29-35-13-17-38(63-8)18-14-35/h11-18,26,32,36,39H,9-10,19-25,27-31H2,1-8H3/t32-,36-,39-/m1/s1. The summed E-state index contributed by atoms with van der Waals surface area (Å²) in [5.41, 5.74) is 2.22. The average molecular weight is 900 g/mol. The fraction of sp³-hybridized carbons (Fsp3) is 0.560. The van der Waals surface area contributed by atoms with Crippen LogP contribution in [-0.4, -0.2) is 102 Å². The number of rotatable bonds is 13. The number of amides is 1. The number of methoxy groups -OCH3 is 2. The number of anilines is 2. The van der Waals surface area contributed by atoms with Crippen molar-refractivity contribution in [1.29, 1.82) is 0 Å². The van der Waals surface area contributed by atoms with Crippen LogP contribution in [0.4, 0.5) is 29.6 Å². The summed E-state index contributed by atoms with van der Waals surface area (Å²) in [7, 11) is 5.21. The van der Waals surface area contributed by atoms with E-state index in [0.717, 1.165) is 55.5 Å². The summed E-state index contributed by atoms with van der Waals surface area (Å²) in [6.45, 7) is 13.4. The number of likely N-dealkylation sites (tertiary alicyclic amines) is 1. The summed E-state index contributed by atoms with van der Waals surface area (Å²) >= 11 is 0. The number of alkyl halides is 3. The molecule has 3 fully saturated rings. The fourth-order valence-electron chi connectivity index (χ4n) is 10.5. The number of aryl methyl sites for hydroxylation is 1. The Morgan fingerprint density at radius 1 is 0.877 bits per heavy atom. The third-order valence-electron chi connectivity index (χ3n) is 13.9. The van der Waals surface area contributed by atoms with Gasteiger partial charge in [0.2, 0.25) is 0 Å². The van der Waals surface area contributed by atoms with Crippen LogP contribution >= 0.6 is 0 Å². The molecule has 0 saturated carbocycles. The number of fused-ring (bicyclic) bond motifs is 2. The number of hydrogen-bond donors (Lipinski definition) is 0. The molecule has 4 aromatic rings. The first-order chi connectivity index (χ1) is 30.9. The Kier molecular flexibility index (Phi) is 13.2. The Labute approximate surface area is 381 Å². The van der Waals surface area contributed by atoms with Crippen molar-refractivity contribution >= 4 is 17.7 Å². The van der Waals surface area contributed by atoms with Crippen LogP contribution in [0.25, 0.3) is 0 Å². The first-order valence-electron chi connectivity index (χ1n) is 23.0. The summed E-state index contributed by atoms with van der Waals surface area (Å²) < 4.78 is 69.4. The maximum Gasteiger partial charge on any atom is 0.418 e. The molecule has 3 saturated heterocycles. The minimum atomic E-state index is -4.65. The van der Waals surface area contributed by atoms with Gasteiger partial charge in [0, 0.05) is 50.7 Å². The van der Waals surface area contributed by atoms with Gasteiger partial charge in [-0.25, -0.2) is 9.78 Å². The second-order valence-corrected chi connectivity index (χ2v) is 19.5. The number of pyridine rings is 1. The van der Waals surface area contributed by atoms with Crippen LogP contribution in [-0.2, 0) is 36.8 Å². The van der Waals surface area contributed by atoms with Crippen LogP contribution in [0.3, 0.4) is 0 Å². The molecule has 65 heavy (non-hydrogen) atoms. The number of ether oxygens (including phenoxy) is 4. The summed E-state index contributed by atoms with van der Waals surface area (Å²) in [5, 5.41) is 0. The minimum absolute atomic E-state index is 0.0198. The monoisotopic (exact) mass is 899 g/mol. The van der Waals surface area contributed by atoms with E-state index in [0.29, 0.717) is 74.5 Å². The number of benzene rings is 2. The van der Waals surface area contributed by atoms with Crippen molar-refractivity contribution < 1.29 is 36.9 Å². The highest BCUT2D eigenvalue weighted by Crippen LogP contribution is 2.46. The highest BCUT2D eigenvalue weighted by Gasteiger charge is 2.46. The zero-order valence-corrected chi connectivity index (χ0v) is 39.1. The van der Waals surface area contributed by atoms with E-state index in [2.05, 4.69) is 9.80 Å². The van der Waals surface area contributed by atoms with E-state index in [4.69, 9.17) is 33.9 Å². The quantitative estimate of drug-likeness (QED) is 0.128. The molecule has 0 radical (unpaired) electrons. The largest absolute Gasteiger partial charge is 0.497 e. The molecular weight excluding hydrogens is 836 g/mol. The van der Waals surface area contributed by atoms with E-state index in [-0.39, 0.29) is 47.3 Å². The highest BCUT2D eigenvalue weighted by molar-refractivity contribution is 5.69. The Hall–Kier alpha value is -5.31. The topological polar surface area (TPSA) is 106 Å². The van der Waals surface area contributed by atoms with Crippen molar-refractivity contribution in [3.63, 3.8) is 0 Å². The van der Waals surface area contributed by atoms with Crippen LogP contribution in [0, 0.1) is 12.8 Å². The molecule has 350 valence electrons. The minimum Gasteiger partial charge on any atom is -0.497 e. The van der Waals surface area contributed by atoms with E-state index in [1.165, 1.54) is 6.92 Å². The molecule has 1 amide bonds. The molecule has 15 heteroatoms. The van der Waals surface area contributed by atoms with Gasteiger partial charge in [0.05, 0.1) is 36.7 Å². The SMILES string of the molecule is COc1ccc(CN(Cc2ccc(OC)cc2)c2cc(C)c(C(F)(F)F)c([C@@H]3Cc4nc(OCC56CCCN5CCC6)nc(N(C)[C@@H]5CCN(C(=O)OC(C)(C)C)C5)c4C[C@H]3C)n2)cc1. The number of aromatic nitrogens is 3. The first kappa shape index (κ1) is 46.2. The van der Waals surface area contributed by atoms with Gasteiger partial charge in [-0.1, -0.05) is 31.2 Å². The van der Waals surface area contributed by atoms with Crippen LogP contribution in [0.5, 0.6) is 17.5 Å². The van der Waals surface area contributed by atoms with Gasteiger partial charge in [0.25, 0.3) is 0 Å². The van der Waals surface area contributed by atoms with Gasteiger partial charge in [-0.2, -0.15) is 23.1 Å². The molecule has 0 spiro atoms. The van der Waals surface area contributed by atoms with Gasteiger partial charge in [0.1, 0.15) is 35.3 Å². The maximum atomic E-state index is 15.4. The van der Waals surface area contributed by atoms with Gasteiger partial charge >= 0.3 is 18.3 Å². The van der Waals surface area contributed by atoms with Crippen LogP contribution in [0.1, 0.15) is 105 Å². The maximum absolute atomic E-state index is 15.4. The summed E-state index contributed by atoms with van der Waals surface area (Å²) in [4.78, 5) is 36.7. The Balaban J connectivity index is 1.17. The second-order valence-electron chi connectivity index (χ2n) is 19.5. The molecule has 3 aliphatic heterocycles. The fourth-order valence-corrected chi connectivity index (χ4v) is 10.5. The number of halogens is 3. The zero-order chi connectivity index (χ0) is 46.3. The van der Waals surface area contributed by atoms with E-state index < -0.39 is 23.3 Å². The number of carbonyl (C=O) groups is 1. The van der Waals surface area contributed by atoms with Crippen LogP contribution in [0.15, 0.2) is 54.6 Å². The van der Waals surface area contributed by atoms with Crippen molar-refractivity contribution in [2.75, 3.05) is 63.9 Å². The number of hydrogen-bond acceptors (Lipinski definition) is 11. The van der Waals surface area contributed by atoms with Crippen molar-refractivity contribution in [2.45, 2.75) is 122 Å². The lowest BCUT2D eigenvalue weighted by atomic mass is 9.75. The lowest BCUT2D eigenvalue weighted by molar-refractivity contribution is -0.139. The molecule has 8 rings (SSSR count). The first-order valence-corrected chi connectivity index (χ1v) is 23.0. The van der Waals surface area contributed by atoms with E-state index in [9.17, 15) is 4.79 Å². The molecule has 1 aliphatic carbocycles. The predicted octanol–water partition coefficient (Wildman–Crippen LogP) is 9.39. The zero-order valence-electron chi connectivity index (χ0n) is 39.1. The lowest BCUT2D eigenvalue weighted by Crippen LogP contribution is -2.43. The van der Waals surface area contributed by atoms with E-state index >= 15 is 13.2 Å². The van der Waals surface area contributed by atoms with Gasteiger partial charge in [-0.15, -0.1) is 0 Å². The van der Waals surface area contributed by atoms with Crippen molar-refractivity contribution in [3.8, 4) is 17.5 Å². The average Bonchev–Trinajstić information content (AvgIpc) is 4.02. The van der Waals surface area contributed by atoms with Gasteiger partial charge in [0.15, 0.2) is 0 Å². The molecule has 2 aromatic carbocycles. The van der Waals surface area contributed by atoms with Gasteiger partial charge in [-0.3, -0.25) is 4.90 Å². The number of likely N-dealkylation sites (N-methyl/N-ethyl adjacent to an activating group) is 1. The summed E-state index contributed by atoms with van der Waals surface area (Å²) in [6.07, 6.45) is 0.670. The van der Waals surface area contributed by atoms with Gasteiger partial charge in [-0.05, 0) is 139 Å².